The van der Waals surface area contributed by atoms with Crippen molar-refractivity contribution in [2.24, 2.45) is 0 Å². The smallest absolute Gasteiger partial charge is 0.331 e. The number of hydrogen-bond donors (Lipinski definition) is 1. The minimum absolute atomic E-state index is 0.0581. The average Bonchev–Trinajstić information content (AvgIpc) is 1.87. The SMILES string of the molecule is C=C(CC(=O)OC=O)C(=O)O. The van der Waals surface area contributed by atoms with E-state index in [-0.39, 0.29) is 12.0 Å². The van der Waals surface area contributed by atoms with E-state index in [2.05, 4.69) is 11.3 Å². The van der Waals surface area contributed by atoms with Gasteiger partial charge in [0.1, 0.15) is 0 Å². The van der Waals surface area contributed by atoms with Crippen LogP contribution in [0.1, 0.15) is 6.42 Å². The summed E-state index contributed by atoms with van der Waals surface area (Å²) in [5, 5.41) is 8.20. The second kappa shape index (κ2) is 4.21. The third-order valence-corrected chi connectivity index (χ3v) is 0.840. The van der Waals surface area contributed by atoms with Crippen LogP contribution in [0.4, 0.5) is 0 Å². The Kier molecular flexibility index (Phi) is 3.58. The first-order valence-electron chi connectivity index (χ1n) is 2.62. The van der Waals surface area contributed by atoms with Crippen LogP contribution in [0.2, 0.25) is 0 Å². The molecule has 0 rings (SSSR count). The van der Waals surface area contributed by atoms with E-state index in [1.165, 1.54) is 0 Å². The second-order valence-corrected chi connectivity index (χ2v) is 1.67. The van der Waals surface area contributed by atoms with Crippen molar-refractivity contribution in [2.45, 2.75) is 6.42 Å². The van der Waals surface area contributed by atoms with Crippen LogP contribution < -0.4 is 0 Å². The zero-order valence-corrected chi connectivity index (χ0v) is 5.57. The number of carboxylic acid groups (broad SMARTS) is 1. The molecule has 5 heteroatoms. The van der Waals surface area contributed by atoms with Gasteiger partial charge < -0.3 is 9.84 Å². The number of aliphatic carboxylic acids is 1. The predicted molar refractivity (Wildman–Crippen MR) is 33.5 cm³/mol. The Morgan fingerprint density at radius 2 is 2.09 bits per heavy atom. The highest BCUT2D eigenvalue weighted by molar-refractivity contribution is 5.92. The molecule has 0 bridgehead atoms. The van der Waals surface area contributed by atoms with Gasteiger partial charge in [0, 0.05) is 5.57 Å². The van der Waals surface area contributed by atoms with Crippen molar-refractivity contribution in [1.82, 2.24) is 0 Å². The van der Waals surface area contributed by atoms with E-state index in [1.807, 2.05) is 0 Å². The molecular weight excluding hydrogens is 152 g/mol. The predicted octanol–water partition coefficient (Wildman–Crippen LogP) is -0.283. The highest BCUT2D eigenvalue weighted by atomic mass is 16.6. The van der Waals surface area contributed by atoms with Crippen molar-refractivity contribution in [3.05, 3.63) is 12.2 Å². The van der Waals surface area contributed by atoms with Gasteiger partial charge in [0.15, 0.2) is 0 Å². The van der Waals surface area contributed by atoms with E-state index in [0.29, 0.717) is 0 Å². The number of carbonyl (C=O) groups is 3. The van der Waals surface area contributed by atoms with Crippen LogP contribution in [-0.2, 0) is 19.1 Å². The molecule has 1 N–H and O–H groups in total. The molecule has 5 nitrogen and oxygen atoms in total. The summed E-state index contributed by atoms with van der Waals surface area (Å²) in [5.74, 6) is -2.21. The molecular formula is C6H6O5. The van der Waals surface area contributed by atoms with Gasteiger partial charge in [-0.2, -0.15) is 0 Å². The van der Waals surface area contributed by atoms with Gasteiger partial charge in [-0.25, -0.2) is 4.79 Å². The van der Waals surface area contributed by atoms with Gasteiger partial charge >= 0.3 is 18.4 Å². The number of hydrogen-bond acceptors (Lipinski definition) is 4. The molecule has 0 atom stereocenters. The van der Waals surface area contributed by atoms with Gasteiger partial charge in [-0.05, 0) is 0 Å². The Balaban J connectivity index is 3.85. The van der Waals surface area contributed by atoms with E-state index in [1.54, 1.807) is 0 Å². The van der Waals surface area contributed by atoms with Gasteiger partial charge in [0.25, 0.3) is 0 Å². The first-order valence-corrected chi connectivity index (χ1v) is 2.62. The first kappa shape index (κ1) is 9.35. The fourth-order valence-corrected chi connectivity index (χ4v) is 0.345. The molecule has 0 aromatic heterocycles. The molecule has 0 heterocycles. The molecule has 0 aliphatic carbocycles. The maximum atomic E-state index is 10.4. The van der Waals surface area contributed by atoms with E-state index < -0.39 is 18.4 Å². The van der Waals surface area contributed by atoms with Crippen molar-refractivity contribution in [3.8, 4) is 0 Å². The molecule has 0 saturated heterocycles. The number of carboxylic acids is 1. The van der Waals surface area contributed by atoms with Crippen LogP contribution in [0.3, 0.4) is 0 Å². The Morgan fingerprint density at radius 3 is 2.45 bits per heavy atom. The summed E-state index contributed by atoms with van der Waals surface area (Å²) in [6, 6.07) is 0. The zero-order valence-electron chi connectivity index (χ0n) is 5.57. The summed E-state index contributed by atoms with van der Waals surface area (Å²) in [5.41, 5.74) is -0.308. The quantitative estimate of drug-likeness (QED) is 0.263. The maximum absolute atomic E-state index is 10.4. The van der Waals surface area contributed by atoms with Crippen molar-refractivity contribution in [2.75, 3.05) is 0 Å². The lowest BCUT2D eigenvalue weighted by molar-refractivity contribution is -0.151. The largest absolute Gasteiger partial charge is 0.478 e. The molecule has 0 spiro atoms. The van der Waals surface area contributed by atoms with Crippen molar-refractivity contribution >= 4 is 18.4 Å². The molecule has 0 aromatic rings. The van der Waals surface area contributed by atoms with Crippen molar-refractivity contribution in [3.63, 3.8) is 0 Å². The Hall–Kier alpha value is -1.65. The molecule has 0 radical (unpaired) electrons. The molecule has 0 saturated carbocycles. The fourth-order valence-electron chi connectivity index (χ4n) is 0.345. The number of esters is 1. The Morgan fingerprint density at radius 1 is 1.55 bits per heavy atom. The average molecular weight is 158 g/mol. The highest BCUT2D eigenvalue weighted by Crippen LogP contribution is 1.98. The van der Waals surface area contributed by atoms with Gasteiger partial charge in [0.05, 0.1) is 6.42 Å². The summed E-state index contributed by atoms with van der Waals surface area (Å²) in [4.78, 5) is 30.0. The van der Waals surface area contributed by atoms with E-state index in [9.17, 15) is 14.4 Å². The van der Waals surface area contributed by atoms with Crippen LogP contribution >= 0.6 is 0 Å². The normalized spacial score (nSPS) is 8.36. The minimum Gasteiger partial charge on any atom is -0.478 e. The second-order valence-electron chi connectivity index (χ2n) is 1.67. The third kappa shape index (κ3) is 3.85. The summed E-state index contributed by atoms with van der Waals surface area (Å²) in [6.45, 7) is 3.00. The van der Waals surface area contributed by atoms with E-state index in [4.69, 9.17) is 5.11 Å². The monoisotopic (exact) mass is 158 g/mol. The standard InChI is InChI=1S/C6H6O5/c1-4(6(9)10)2-5(8)11-3-7/h3H,1-2H2,(H,9,10). The molecule has 0 unspecified atom stereocenters. The van der Waals surface area contributed by atoms with Gasteiger partial charge in [-0.3, -0.25) is 9.59 Å². The summed E-state index contributed by atoms with van der Waals surface area (Å²) >= 11 is 0. The molecule has 0 fully saturated rings. The molecule has 60 valence electrons. The van der Waals surface area contributed by atoms with Crippen LogP contribution in [-0.4, -0.2) is 23.5 Å². The summed E-state index contributed by atoms with van der Waals surface area (Å²) in [7, 11) is 0. The molecule has 11 heavy (non-hydrogen) atoms. The van der Waals surface area contributed by atoms with Gasteiger partial charge in [-0.1, -0.05) is 6.58 Å². The number of ether oxygens (including phenoxy) is 1. The topological polar surface area (TPSA) is 80.7 Å². The van der Waals surface area contributed by atoms with Crippen molar-refractivity contribution in [1.29, 1.82) is 0 Å². The number of rotatable bonds is 4. The van der Waals surface area contributed by atoms with Gasteiger partial charge in [0.2, 0.25) is 0 Å². The summed E-state index contributed by atoms with van der Waals surface area (Å²) < 4.78 is 3.82. The third-order valence-electron chi connectivity index (χ3n) is 0.840. The van der Waals surface area contributed by atoms with E-state index >= 15 is 0 Å². The van der Waals surface area contributed by atoms with Crippen molar-refractivity contribution < 1.29 is 24.2 Å². The van der Waals surface area contributed by atoms with Crippen LogP contribution in [0.15, 0.2) is 12.2 Å². The number of carbonyl (C=O) groups excluding carboxylic acids is 2. The fraction of sp³-hybridized carbons (Fsp3) is 0.167. The van der Waals surface area contributed by atoms with Crippen LogP contribution in [0, 0.1) is 0 Å². The van der Waals surface area contributed by atoms with Crippen LogP contribution in [0.5, 0.6) is 0 Å². The molecule has 0 aromatic carbocycles. The first-order chi connectivity index (χ1) is 5.07. The maximum Gasteiger partial charge on any atom is 0.331 e. The zero-order chi connectivity index (χ0) is 8.85. The highest BCUT2D eigenvalue weighted by Gasteiger charge is 2.10. The Labute approximate surface area is 62.3 Å². The summed E-state index contributed by atoms with van der Waals surface area (Å²) in [6.07, 6.45) is -0.478. The minimum atomic E-state index is -1.28. The Bertz CT molecular complexity index is 205. The lowest BCUT2D eigenvalue weighted by atomic mass is 10.2. The lowest BCUT2D eigenvalue weighted by Gasteiger charge is -1.95. The van der Waals surface area contributed by atoms with E-state index in [0.717, 1.165) is 0 Å². The van der Waals surface area contributed by atoms with Crippen LogP contribution in [0.25, 0.3) is 0 Å². The molecule has 0 aliphatic heterocycles. The lowest BCUT2D eigenvalue weighted by Crippen LogP contribution is -2.08. The van der Waals surface area contributed by atoms with Gasteiger partial charge in [-0.15, -0.1) is 0 Å². The molecule has 0 aliphatic rings. The molecule has 0 amide bonds.